The van der Waals surface area contributed by atoms with E-state index in [2.05, 4.69) is 10.6 Å². The van der Waals surface area contributed by atoms with Crippen LogP contribution in [0, 0.1) is 5.82 Å². The molecule has 1 saturated carbocycles. The first-order valence-corrected chi connectivity index (χ1v) is 13.2. The lowest BCUT2D eigenvalue weighted by molar-refractivity contribution is -0.137. The van der Waals surface area contributed by atoms with E-state index in [4.69, 9.17) is 11.6 Å². The van der Waals surface area contributed by atoms with E-state index in [0.717, 1.165) is 12.8 Å². The molecule has 1 unspecified atom stereocenters. The number of ketones is 1. The Morgan fingerprint density at radius 1 is 1.24 bits per heavy atom. The van der Waals surface area contributed by atoms with Crippen LogP contribution < -0.4 is 10.6 Å². The van der Waals surface area contributed by atoms with Gasteiger partial charge in [-0.1, -0.05) is 23.7 Å². The molecule has 1 heterocycles. The van der Waals surface area contributed by atoms with Gasteiger partial charge in [0.2, 0.25) is 11.8 Å². The monoisotopic (exact) mass is 547 g/mol. The van der Waals surface area contributed by atoms with Crippen molar-refractivity contribution in [1.29, 1.82) is 0 Å². The Morgan fingerprint density at radius 3 is 2.68 bits per heavy atom. The van der Waals surface area contributed by atoms with Crippen molar-refractivity contribution in [2.45, 2.75) is 38.9 Å². The minimum atomic E-state index is -2.28. The Labute approximate surface area is 220 Å². The number of rotatable bonds is 11. The molecule has 1 aromatic heterocycles. The fourth-order valence-corrected chi connectivity index (χ4v) is 4.57. The van der Waals surface area contributed by atoms with Crippen molar-refractivity contribution in [3.8, 4) is 0 Å². The second-order valence-corrected chi connectivity index (χ2v) is 10.1. The minimum Gasteiger partial charge on any atom is -0.771 e. The lowest BCUT2D eigenvalue weighted by Crippen LogP contribution is -2.43. The molecule has 2 amide bonds. The molecule has 2 aromatic carbocycles. The summed E-state index contributed by atoms with van der Waals surface area (Å²) in [5, 5.41) is 5.95. The number of fused-ring (bicyclic) bond motifs is 1. The van der Waals surface area contributed by atoms with Crippen molar-refractivity contribution in [2.75, 3.05) is 17.7 Å². The van der Waals surface area contributed by atoms with Crippen LogP contribution in [0.4, 0.5) is 10.1 Å². The summed E-state index contributed by atoms with van der Waals surface area (Å²) >= 11 is 3.51. The summed E-state index contributed by atoms with van der Waals surface area (Å²) in [6, 6.07) is 9.52. The summed E-state index contributed by atoms with van der Waals surface area (Å²) in [7, 11) is 0. The molecule has 0 aliphatic heterocycles. The highest BCUT2D eigenvalue weighted by atomic mass is 35.5. The number of benzene rings is 2. The first-order chi connectivity index (χ1) is 17.6. The molecule has 2 N–H and O–H groups in total. The highest BCUT2D eigenvalue weighted by Crippen LogP contribution is 2.29. The van der Waals surface area contributed by atoms with Crippen LogP contribution in [0.5, 0.6) is 0 Å². The van der Waals surface area contributed by atoms with Gasteiger partial charge in [0.15, 0.2) is 5.78 Å². The molecule has 1 aliphatic carbocycles. The van der Waals surface area contributed by atoms with Crippen LogP contribution in [0.1, 0.15) is 35.7 Å². The van der Waals surface area contributed by atoms with Gasteiger partial charge in [-0.15, -0.1) is 0 Å². The Hall–Kier alpha value is -3.28. The van der Waals surface area contributed by atoms with Crippen LogP contribution in [0.3, 0.4) is 0 Å². The van der Waals surface area contributed by atoms with Crippen LogP contribution in [-0.2, 0) is 33.8 Å². The molecule has 196 valence electrons. The van der Waals surface area contributed by atoms with E-state index in [9.17, 15) is 27.5 Å². The molecule has 0 bridgehead atoms. The van der Waals surface area contributed by atoms with Crippen molar-refractivity contribution < 1.29 is 27.5 Å². The van der Waals surface area contributed by atoms with E-state index in [0.29, 0.717) is 22.2 Å². The summed E-state index contributed by atoms with van der Waals surface area (Å²) in [6.07, 6.45) is 3.15. The maximum Gasteiger partial charge on any atom is 0.243 e. The van der Waals surface area contributed by atoms with Gasteiger partial charge in [-0.2, -0.15) is 0 Å². The van der Waals surface area contributed by atoms with E-state index in [1.54, 1.807) is 35.0 Å². The minimum absolute atomic E-state index is 0.0336. The fourth-order valence-electron chi connectivity index (χ4n) is 4.09. The van der Waals surface area contributed by atoms with E-state index in [1.165, 1.54) is 24.0 Å². The molecule has 9 nitrogen and oxygen atoms in total. The van der Waals surface area contributed by atoms with Crippen molar-refractivity contribution >= 4 is 56.9 Å². The van der Waals surface area contributed by atoms with Crippen molar-refractivity contribution in [3.05, 3.63) is 64.6 Å². The van der Waals surface area contributed by atoms with E-state index in [1.807, 2.05) is 0 Å². The largest absolute Gasteiger partial charge is 0.771 e. The number of carbonyl (C=O) groups is 3. The topological polar surface area (TPSA) is 124 Å². The zero-order valence-electron chi connectivity index (χ0n) is 20.0. The summed E-state index contributed by atoms with van der Waals surface area (Å²) in [4.78, 5) is 39.6. The zero-order valence-corrected chi connectivity index (χ0v) is 21.5. The number of nitrogens with one attached hydrogen (secondary N) is 2. The summed E-state index contributed by atoms with van der Waals surface area (Å²) in [5.41, 5.74) is 1.80. The van der Waals surface area contributed by atoms with Crippen LogP contribution in [0.25, 0.3) is 10.9 Å². The third kappa shape index (κ3) is 6.54. The van der Waals surface area contributed by atoms with Gasteiger partial charge in [0.1, 0.15) is 12.4 Å². The molecule has 0 saturated heterocycles. The number of hydrogen-bond donors (Lipinski definition) is 2. The zero-order chi connectivity index (χ0) is 26.7. The molecule has 0 radical (unpaired) electrons. The Kier molecular flexibility index (Phi) is 8.25. The number of carbonyl (C=O) groups excluding carboxylic acids is 3. The Balaban J connectivity index is 1.47. The number of anilines is 1. The molecule has 3 aromatic rings. The average molecular weight is 548 g/mol. The van der Waals surface area contributed by atoms with Crippen LogP contribution in [-0.4, -0.2) is 54.3 Å². The molecule has 12 heteroatoms. The number of halogens is 2. The molecule has 1 atom stereocenters. The summed E-state index contributed by atoms with van der Waals surface area (Å²) < 4.78 is 37.5. The third-order valence-corrected chi connectivity index (χ3v) is 6.76. The lowest BCUT2D eigenvalue weighted by Gasteiger charge is -2.22. The molecule has 37 heavy (non-hydrogen) atoms. The summed E-state index contributed by atoms with van der Waals surface area (Å²) in [6.45, 7) is 1.09. The Morgan fingerprint density at radius 2 is 2.00 bits per heavy atom. The van der Waals surface area contributed by atoms with Gasteiger partial charge >= 0.3 is 0 Å². The fraction of sp³-hybridized carbons (Fsp3) is 0.320. The second-order valence-electron chi connectivity index (χ2n) is 8.83. The van der Waals surface area contributed by atoms with Gasteiger partial charge in [0.05, 0.1) is 17.4 Å². The van der Waals surface area contributed by atoms with Gasteiger partial charge in [-0.3, -0.25) is 18.6 Å². The highest BCUT2D eigenvalue weighted by molar-refractivity contribution is 7.79. The van der Waals surface area contributed by atoms with Crippen molar-refractivity contribution in [3.63, 3.8) is 0 Å². The number of hydrogen-bond acceptors (Lipinski definition) is 6. The molecule has 0 spiro atoms. The average Bonchev–Trinajstić information content (AvgIpc) is 3.63. The smallest absolute Gasteiger partial charge is 0.243 e. The van der Waals surface area contributed by atoms with Crippen molar-refractivity contribution in [1.82, 2.24) is 14.8 Å². The first kappa shape index (κ1) is 26.8. The van der Waals surface area contributed by atoms with E-state index < -0.39 is 22.8 Å². The maximum atomic E-state index is 14.1. The van der Waals surface area contributed by atoms with E-state index in [-0.39, 0.29) is 53.8 Å². The van der Waals surface area contributed by atoms with Gasteiger partial charge in [0, 0.05) is 46.5 Å². The quantitative estimate of drug-likeness (QED) is 0.281. The maximum absolute atomic E-state index is 14.1. The van der Waals surface area contributed by atoms with E-state index >= 15 is 0 Å². The number of aromatic nitrogens is 1. The molecule has 1 fully saturated rings. The second kappa shape index (κ2) is 11.4. The van der Waals surface area contributed by atoms with Crippen molar-refractivity contribution in [2.24, 2.45) is 0 Å². The van der Waals surface area contributed by atoms with Crippen LogP contribution in [0.15, 0.2) is 42.6 Å². The summed E-state index contributed by atoms with van der Waals surface area (Å²) in [5.74, 6) is -1.79. The van der Waals surface area contributed by atoms with Gasteiger partial charge in [-0.05, 0) is 55.1 Å². The third-order valence-electron chi connectivity index (χ3n) is 6.09. The predicted molar refractivity (Wildman–Crippen MR) is 137 cm³/mol. The SMILES string of the molecule is CC(=O)c1cn(CC(=O)N(CC(=O)NCc2cccc(Cl)c2F)C2CC2)c2ccc(NCS(=O)[O-])cc12. The van der Waals surface area contributed by atoms with Crippen LogP contribution in [0.2, 0.25) is 5.02 Å². The van der Waals surface area contributed by atoms with Gasteiger partial charge < -0.3 is 24.7 Å². The predicted octanol–water partition coefficient (Wildman–Crippen LogP) is 3.19. The highest BCUT2D eigenvalue weighted by Gasteiger charge is 2.34. The Bertz CT molecular complexity index is 1390. The number of amides is 2. The number of nitrogens with zero attached hydrogens (tertiary/aromatic N) is 2. The molecular weight excluding hydrogens is 523 g/mol. The normalized spacial score (nSPS) is 13.8. The molecule has 1 aliphatic rings. The number of Topliss-reactive ketones (excluding diaryl/α,β-unsaturated/α-hetero) is 1. The van der Waals surface area contributed by atoms with Gasteiger partial charge in [0.25, 0.3) is 0 Å². The standard InChI is InChI=1S/C25H26ClFN4O5S/c1-15(32)20-11-30(22-8-5-17(9-19(20)22)29-14-37(35)36)13-24(34)31(18-6-7-18)12-23(33)28-10-16-3-2-4-21(26)25(16)27/h2-5,8-9,11,18,29H,6-7,10,12-14H2,1H3,(H,28,33)(H,35,36)/p-1. The lowest BCUT2D eigenvalue weighted by atomic mass is 10.1. The molecule has 4 rings (SSSR count). The molecular formula is C25H25ClFN4O5S-. The first-order valence-electron chi connectivity index (χ1n) is 11.6. The van der Waals surface area contributed by atoms with Crippen LogP contribution >= 0.6 is 11.6 Å². The van der Waals surface area contributed by atoms with Gasteiger partial charge in [-0.25, -0.2) is 4.39 Å².